The van der Waals surface area contributed by atoms with Gasteiger partial charge in [-0.05, 0) is 26.7 Å². The van der Waals surface area contributed by atoms with Gasteiger partial charge >= 0.3 is 0 Å². The number of carbonyl (C=O) groups excluding carboxylic acids is 2. The Kier molecular flexibility index (Phi) is 4.64. The van der Waals surface area contributed by atoms with Crippen LogP contribution in [0.5, 0.6) is 0 Å². The van der Waals surface area contributed by atoms with Crippen LogP contribution in [-0.2, 0) is 9.59 Å². The van der Waals surface area contributed by atoms with Gasteiger partial charge in [0, 0.05) is 19.0 Å². The van der Waals surface area contributed by atoms with Crippen molar-refractivity contribution in [1.82, 2.24) is 15.4 Å². The van der Waals surface area contributed by atoms with E-state index in [1.807, 2.05) is 20.8 Å². The topological polar surface area (TPSA) is 108 Å². The standard InChI is InChI=1S/C18H26N4O4/c1-9(2)14(13-6-10(3)21-26-13)16(24)22-8-11(23)7-12(22)15-19-17(25)18(4,5)20-15/h6,9,11-12,14,23H,7-8H2,1-5H3,(H,19,20,25)/t11-,12+,14-/m1/s1. The van der Waals surface area contributed by atoms with Gasteiger partial charge in [0.05, 0.1) is 17.8 Å². The van der Waals surface area contributed by atoms with Crippen molar-refractivity contribution in [3.8, 4) is 0 Å². The molecule has 1 aromatic heterocycles. The molecular weight excluding hydrogens is 336 g/mol. The number of hydrogen-bond acceptors (Lipinski definition) is 6. The molecule has 8 nitrogen and oxygen atoms in total. The average Bonchev–Trinajstić information content (AvgIpc) is 3.18. The van der Waals surface area contributed by atoms with Crippen LogP contribution in [0.3, 0.4) is 0 Å². The molecule has 0 bridgehead atoms. The molecule has 0 spiro atoms. The molecule has 3 rings (SSSR count). The van der Waals surface area contributed by atoms with Crippen molar-refractivity contribution < 1.29 is 19.2 Å². The third-order valence-corrected chi connectivity index (χ3v) is 4.96. The first-order valence-corrected chi connectivity index (χ1v) is 8.93. The lowest BCUT2D eigenvalue weighted by atomic mass is 9.91. The van der Waals surface area contributed by atoms with Crippen LogP contribution in [-0.4, -0.2) is 57.0 Å². The molecule has 1 fully saturated rings. The van der Waals surface area contributed by atoms with Crippen LogP contribution in [0, 0.1) is 12.8 Å². The second-order valence-electron chi connectivity index (χ2n) is 8.04. The molecule has 8 heteroatoms. The molecule has 2 amide bonds. The number of aliphatic imine (C=N–C) groups is 1. The number of rotatable bonds is 4. The van der Waals surface area contributed by atoms with Gasteiger partial charge in [0.1, 0.15) is 23.1 Å². The largest absolute Gasteiger partial charge is 0.391 e. The normalized spacial score (nSPS) is 26.2. The van der Waals surface area contributed by atoms with E-state index in [4.69, 9.17) is 4.52 Å². The van der Waals surface area contributed by atoms with Crippen molar-refractivity contribution in [2.75, 3.05) is 6.54 Å². The zero-order valence-corrected chi connectivity index (χ0v) is 15.8. The summed E-state index contributed by atoms with van der Waals surface area (Å²) in [5.74, 6) is 0.0212. The summed E-state index contributed by atoms with van der Waals surface area (Å²) >= 11 is 0. The van der Waals surface area contributed by atoms with Gasteiger partial charge in [-0.3, -0.25) is 9.59 Å². The number of aryl methyl sites for hydroxylation is 1. The highest BCUT2D eigenvalue weighted by molar-refractivity contribution is 6.09. The van der Waals surface area contributed by atoms with E-state index < -0.39 is 23.6 Å². The van der Waals surface area contributed by atoms with Crippen molar-refractivity contribution in [2.24, 2.45) is 10.9 Å². The second kappa shape index (κ2) is 6.50. The van der Waals surface area contributed by atoms with Gasteiger partial charge in [0.2, 0.25) is 5.91 Å². The highest BCUT2D eigenvalue weighted by Gasteiger charge is 2.46. The number of aliphatic hydroxyl groups is 1. The van der Waals surface area contributed by atoms with E-state index in [1.165, 1.54) is 0 Å². The first kappa shape index (κ1) is 18.6. The van der Waals surface area contributed by atoms with Gasteiger partial charge in [-0.1, -0.05) is 19.0 Å². The number of nitrogens with one attached hydrogen (secondary N) is 1. The van der Waals surface area contributed by atoms with E-state index in [-0.39, 0.29) is 24.3 Å². The van der Waals surface area contributed by atoms with Crippen LogP contribution in [0.25, 0.3) is 0 Å². The first-order chi connectivity index (χ1) is 12.1. The Balaban J connectivity index is 1.89. The minimum Gasteiger partial charge on any atom is -0.391 e. The lowest BCUT2D eigenvalue weighted by Gasteiger charge is -2.30. The van der Waals surface area contributed by atoms with Gasteiger partial charge < -0.3 is 19.8 Å². The highest BCUT2D eigenvalue weighted by Crippen LogP contribution is 2.32. The molecule has 2 aliphatic rings. The average molecular weight is 362 g/mol. The molecule has 0 radical (unpaired) electrons. The molecule has 2 aliphatic heterocycles. The van der Waals surface area contributed by atoms with Crippen molar-refractivity contribution >= 4 is 17.6 Å². The van der Waals surface area contributed by atoms with Gasteiger partial charge in [-0.15, -0.1) is 0 Å². The number of amides is 2. The molecule has 26 heavy (non-hydrogen) atoms. The molecular formula is C18H26N4O4. The van der Waals surface area contributed by atoms with E-state index in [0.29, 0.717) is 23.7 Å². The molecule has 1 aromatic rings. The van der Waals surface area contributed by atoms with E-state index in [0.717, 1.165) is 0 Å². The SMILES string of the molecule is Cc1cc([C@H](C(=O)N2C[C@H](O)C[C@H]2C2=NC(=O)C(C)(C)N2)C(C)C)on1. The van der Waals surface area contributed by atoms with Crippen LogP contribution in [0.15, 0.2) is 15.6 Å². The van der Waals surface area contributed by atoms with Gasteiger partial charge in [0.25, 0.3) is 5.91 Å². The number of amidine groups is 1. The lowest BCUT2D eigenvalue weighted by Crippen LogP contribution is -2.51. The van der Waals surface area contributed by atoms with E-state index in [1.54, 1.807) is 24.8 Å². The van der Waals surface area contributed by atoms with Crippen LogP contribution in [0.4, 0.5) is 0 Å². The number of likely N-dealkylation sites (tertiary alicyclic amines) is 1. The maximum absolute atomic E-state index is 13.3. The van der Waals surface area contributed by atoms with E-state index in [9.17, 15) is 14.7 Å². The van der Waals surface area contributed by atoms with E-state index in [2.05, 4.69) is 15.5 Å². The summed E-state index contributed by atoms with van der Waals surface area (Å²) in [5.41, 5.74) is -0.0810. The third kappa shape index (κ3) is 3.25. The third-order valence-electron chi connectivity index (χ3n) is 4.96. The van der Waals surface area contributed by atoms with Crippen molar-refractivity contribution in [1.29, 1.82) is 0 Å². The second-order valence-corrected chi connectivity index (χ2v) is 8.04. The molecule has 3 heterocycles. The molecule has 0 unspecified atom stereocenters. The molecule has 3 atom stereocenters. The minimum atomic E-state index is -0.795. The lowest BCUT2D eigenvalue weighted by molar-refractivity contribution is -0.134. The summed E-state index contributed by atoms with van der Waals surface area (Å²) < 4.78 is 5.35. The molecule has 142 valence electrons. The van der Waals surface area contributed by atoms with Crippen LogP contribution in [0.1, 0.15) is 51.5 Å². The fourth-order valence-corrected chi connectivity index (χ4v) is 3.57. The Morgan fingerprint density at radius 2 is 2.15 bits per heavy atom. The predicted molar refractivity (Wildman–Crippen MR) is 94.6 cm³/mol. The molecule has 2 N–H and O–H groups in total. The quantitative estimate of drug-likeness (QED) is 0.827. The zero-order chi connectivity index (χ0) is 19.2. The fourth-order valence-electron chi connectivity index (χ4n) is 3.57. The highest BCUT2D eigenvalue weighted by atomic mass is 16.5. The summed E-state index contributed by atoms with van der Waals surface area (Å²) in [5, 5.41) is 17.2. The Morgan fingerprint density at radius 3 is 2.65 bits per heavy atom. The van der Waals surface area contributed by atoms with Crippen LogP contribution < -0.4 is 5.32 Å². The number of β-amino-alcohol motifs (C(OH)–C–C–N with tert-alkyl or cyclic N) is 1. The molecule has 1 saturated heterocycles. The van der Waals surface area contributed by atoms with Gasteiger partial charge in [-0.2, -0.15) is 4.99 Å². The van der Waals surface area contributed by atoms with E-state index >= 15 is 0 Å². The maximum atomic E-state index is 13.3. The summed E-state index contributed by atoms with van der Waals surface area (Å²) in [6.45, 7) is 9.40. The monoisotopic (exact) mass is 362 g/mol. The van der Waals surface area contributed by atoms with Crippen molar-refractivity contribution in [3.63, 3.8) is 0 Å². The number of aliphatic hydroxyl groups excluding tert-OH is 1. The molecule has 0 aliphatic carbocycles. The Morgan fingerprint density at radius 1 is 1.46 bits per heavy atom. The van der Waals surface area contributed by atoms with Gasteiger partial charge in [0.15, 0.2) is 0 Å². The maximum Gasteiger partial charge on any atom is 0.272 e. The Labute approximate surface area is 152 Å². The number of nitrogens with zero attached hydrogens (tertiary/aromatic N) is 3. The van der Waals surface area contributed by atoms with Crippen molar-refractivity contribution in [2.45, 2.75) is 64.6 Å². The smallest absolute Gasteiger partial charge is 0.272 e. The molecule has 0 saturated carbocycles. The van der Waals surface area contributed by atoms with Crippen molar-refractivity contribution in [3.05, 3.63) is 17.5 Å². The Hall–Kier alpha value is -2.22. The summed E-state index contributed by atoms with van der Waals surface area (Å²) in [4.78, 5) is 31.1. The van der Waals surface area contributed by atoms with Crippen LogP contribution in [0.2, 0.25) is 0 Å². The predicted octanol–water partition coefficient (Wildman–Crippen LogP) is 0.991. The number of carbonyl (C=O) groups is 2. The summed E-state index contributed by atoms with van der Waals surface area (Å²) in [7, 11) is 0. The first-order valence-electron chi connectivity index (χ1n) is 8.93. The molecule has 0 aromatic carbocycles. The number of aromatic nitrogens is 1. The minimum absolute atomic E-state index is 0.00945. The zero-order valence-electron chi connectivity index (χ0n) is 15.8. The fraction of sp³-hybridized carbons (Fsp3) is 0.667. The van der Waals surface area contributed by atoms with Gasteiger partial charge in [-0.25, -0.2) is 0 Å². The summed E-state index contributed by atoms with van der Waals surface area (Å²) in [6, 6.07) is 1.32. The number of hydrogen-bond donors (Lipinski definition) is 2. The van der Waals surface area contributed by atoms with Crippen LogP contribution >= 0.6 is 0 Å². The summed E-state index contributed by atoms with van der Waals surface area (Å²) in [6.07, 6.45) is -0.308. The Bertz CT molecular complexity index is 752.